The van der Waals surface area contributed by atoms with Crippen molar-refractivity contribution in [3.63, 3.8) is 0 Å². The molecule has 0 spiro atoms. The van der Waals surface area contributed by atoms with Gasteiger partial charge in [-0.05, 0) is 26.8 Å². The Morgan fingerprint density at radius 3 is 2.50 bits per heavy atom. The van der Waals surface area contributed by atoms with Crippen molar-refractivity contribution in [2.75, 3.05) is 34.3 Å². The van der Waals surface area contributed by atoms with Crippen molar-refractivity contribution >= 4 is 16.2 Å². The van der Waals surface area contributed by atoms with Crippen LogP contribution >= 0.6 is 0 Å². The Bertz CT molecular complexity index is 422. The molecule has 1 rings (SSSR count). The molecule has 1 unspecified atom stereocenters. The molecule has 0 aromatic carbocycles. The third-order valence-corrected chi connectivity index (χ3v) is 5.18. The first-order chi connectivity index (χ1) is 9.27. The van der Waals surface area contributed by atoms with Crippen LogP contribution in [0.1, 0.15) is 26.2 Å². The zero-order valence-electron chi connectivity index (χ0n) is 12.6. The highest BCUT2D eigenvalue weighted by Crippen LogP contribution is 2.26. The average Bonchev–Trinajstić information content (AvgIpc) is 3.25. The number of hydrogen-bond donors (Lipinski definition) is 1. The van der Waals surface area contributed by atoms with E-state index in [2.05, 4.69) is 14.4 Å². The standard InChI is InChI=1S/C12H25N3O4S/c1-10(15(3)11-5-6-11)9-13-20(17,18)14(2)8-7-12(16)19-4/h10-11,13H,5-9H2,1-4H3. The van der Waals surface area contributed by atoms with Gasteiger partial charge in [-0.15, -0.1) is 0 Å². The molecule has 1 aliphatic rings. The van der Waals surface area contributed by atoms with Gasteiger partial charge in [0.25, 0.3) is 10.2 Å². The molecule has 7 nitrogen and oxygen atoms in total. The van der Waals surface area contributed by atoms with Crippen LogP contribution < -0.4 is 4.72 Å². The maximum absolute atomic E-state index is 12.0. The van der Waals surface area contributed by atoms with E-state index in [4.69, 9.17) is 0 Å². The zero-order chi connectivity index (χ0) is 15.3. The number of carbonyl (C=O) groups excluding carboxylic acids is 1. The number of nitrogens with one attached hydrogen (secondary N) is 1. The molecule has 0 heterocycles. The maximum Gasteiger partial charge on any atom is 0.306 e. The van der Waals surface area contributed by atoms with Crippen LogP contribution in [0.2, 0.25) is 0 Å². The van der Waals surface area contributed by atoms with Gasteiger partial charge in [-0.25, -0.2) is 4.72 Å². The van der Waals surface area contributed by atoms with E-state index in [0.29, 0.717) is 12.6 Å². The lowest BCUT2D eigenvalue weighted by Gasteiger charge is -2.25. The summed E-state index contributed by atoms with van der Waals surface area (Å²) in [7, 11) is 1.19. The topological polar surface area (TPSA) is 78.9 Å². The lowest BCUT2D eigenvalue weighted by molar-refractivity contribution is -0.140. The van der Waals surface area contributed by atoms with E-state index in [9.17, 15) is 13.2 Å². The van der Waals surface area contributed by atoms with Crippen molar-refractivity contribution in [2.24, 2.45) is 0 Å². The van der Waals surface area contributed by atoms with Crippen molar-refractivity contribution in [1.29, 1.82) is 0 Å². The lowest BCUT2D eigenvalue weighted by Crippen LogP contribution is -2.45. The van der Waals surface area contributed by atoms with Crippen molar-refractivity contribution in [1.82, 2.24) is 13.9 Å². The lowest BCUT2D eigenvalue weighted by atomic mass is 10.3. The van der Waals surface area contributed by atoms with Crippen LogP contribution in [-0.4, -0.2) is 70.0 Å². The van der Waals surface area contributed by atoms with Gasteiger partial charge in [-0.1, -0.05) is 0 Å². The van der Waals surface area contributed by atoms with E-state index in [-0.39, 0.29) is 19.0 Å². The fourth-order valence-corrected chi connectivity index (χ4v) is 2.80. The van der Waals surface area contributed by atoms with Crippen molar-refractivity contribution in [3.05, 3.63) is 0 Å². The summed E-state index contributed by atoms with van der Waals surface area (Å²) in [4.78, 5) is 13.2. The number of ether oxygens (including phenoxy) is 1. The van der Waals surface area contributed by atoms with Gasteiger partial charge in [0.15, 0.2) is 0 Å². The minimum absolute atomic E-state index is 0.0471. The molecule has 0 amide bonds. The molecule has 0 bridgehead atoms. The van der Waals surface area contributed by atoms with E-state index in [1.807, 2.05) is 14.0 Å². The quantitative estimate of drug-likeness (QED) is 0.597. The summed E-state index contributed by atoms with van der Waals surface area (Å²) in [5.74, 6) is -0.422. The Hall–Kier alpha value is -0.700. The van der Waals surface area contributed by atoms with E-state index < -0.39 is 16.2 Å². The molecule has 1 saturated carbocycles. The highest BCUT2D eigenvalue weighted by atomic mass is 32.2. The number of rotatable bonds is 9. The SMILES string of the molecule is COC(=O)CCN(C)S(=O)(=O)NCC(C)N(C)C1CC1. The van der Waals surface area contributed by atoms with Gasteiger partial charge in [0.2, 0.25) is 0 Å². The zero-order valence-corrected chi connectivity index (χ0v) is 13.4. The molecule has 0 radical (unpaired) electrons. The van der Waals surface area contributed by atoms with E-state index in [1.54, 1.807) is 0 Å². The second-order valence-electron chi connectivity index (χ2n) is 5.25. The minimum atomic E-state index is -3.55. The predicted molar refractivity (Wildman–Crippen MR) is 76.4 cm³/mol. The summed E-state index contributed by atoms with van der Waals surface area (Å²) in [5.41, 5.74) is 0. The van der Waals surface area contributed by atoms with Crippen LogP contribution in [0.5, 0.6) is 0 Å². The molecule has 8 heteroatoms. The second-order valence-corrected chi connectivity index (χ2v) is 7.11. The highest BCUT2D eigenvalue weighted by molar-refractivity contribution is 7.87. The van der Waals surface area contributed by atoms with E-state index in [0.717, 1.165) is 4.31 Å². The van der Waals surface area contributed by atoms with Crippen LogP contribution in [-0.2, 0) is 19.7 Å². The molecule has 118 valence electrons. The Balaban J connectivity index is 2.37. The second kappa shape index (κ2) is 7.35. The third kappa shape index (κ3) is 5.35. The van der Waals surface area contributed by atoms with Gasteiger partial charge in [0.05, 0.1) is 13.5 Å². The average molecular weight is 307 g/mol. The van der Waals surface area contributed by atoms with Crippen LogP contribution in [0.15, 0.2) is 0 Å². The summed E-state index contributed by atoms with van der Waals surface area (Å²) in [6, 6.07) is 0.734. The molecular weight excluding hydrogens is 282 g/mol. The van der Waals surface area contributed by atoms with Gasteiger partial charge < -0.3 is 4.74 Å². The Labute approximate surface area is 121 Å². The first-order valence-electron chi connectivity index (χ1n) is 6.77. The molecule has 1 N–H and O–H groups in total. The summed E-state index contributed by atoms with van der Waals surface area (Å²) in [5, 5.41) is 0. The third-order valence-electron chi connectivity index (χ3n) is 3.65. The summed E-state index contributed by atoms with van der Waals surface area (Å²) >= 11 is 0. The molecule has 1 atom stereocenters. The monoisotopic (exact) mass is 307 g/mol. The fraction of sp³-hybridized carbons (Fsp3) is 0.917. The summed E-state index contributed by atoms with van der Waals surface area (Å²) in [6.07, 6.45) is 2.42. The molecule has 0 aromatic rings. The number of methoxy groups -OCH3 is 1. The first kappa shape index (κ1) is 17.4. The van der Waals surface area contributed by atoms with Gasteiger partial charge in [-0.3, -0.25) is 9.69 Å². The van der Waals surface area contributed by atoms with Crippen LogP contribution in [0.3, 0.4) is 0 Å². The number of carbonyl (C=O) groups is 1. The summed E-state index contributed by atoms with van der Waals surface area (Å²) in [6.45, 7) is 2.46. The Kier molecular flexibility index (Phi) is 6.38. The van der Waals surface area contributed by atoms with Crippen LogP contribution in [0.4, 0.5) is 0 Å². The van der Waals surface area contributed by atoms with Crippen LogP contribution in [0, 0.1) is 0 Å². The van der Waals surface area contributed by atoms with Gasteiger partial charge in [0, 0.05) is 32.2 Å². The molecule has 0 saturated heterocycles. The smallest absolute Gasteiger partial charge is 0.306 e. The number of nitrogens with zero attached hydrogens (tertiary/aromatic N) is 2. The van der Waals surface area contributed by atoms with Gasteiger partial charge in [0.1, 0.15) is 0 Å². The van der Waals surface area contributed by atoms with Crippen LogP contribution in [0.25, 0.3) is 0 Å². The largest absolute Gasteiger partial charge is 0.469 e. The normalized spacial score (nSPS) is 17.5. The van der Waals surface area contributed by atoms with Crippen molar-refractivity contribution < 1.29 is 17.9 Å². The predicted octanol–water partition coefficient (Wildman–Crippen LogP) is -0.202. The fourth-order valence-electron chi connectivity index (χ4n) is 1.79. The molecule has 1 fully saturated rings. The van der Waals surface area contributed by atoms with E-state index >= 15 is 0 Å². The van der Waals surface area contributed by atoms with Gasteiger partial charge >= 0.3 is 5.97 Å². The highest BCUT2D eigenvalue weighted by Gasteiger charge is 2.29. The van der Waals surface area contributed by atoms with Crippen molar-refractivity contribution in [3.8, 4) is 0 Å². The minimum Gasteiger partial charge on any atom is -0.469 e. The van der Waals surface area contributed by atoms with E-state index in [1.165, 1.54) is 27.0 Å². The Morgan fingerprint density at radius 1 is 1.40 bits per heavy atom. The maximum atomic E-state index is 12.0. The number of likely N-dealkylation sites (N-methyl/N-ethyl adjacent to an activating group) is 1. The Morgan fingerprint density at radius 2 is 2.00 bits per heavy atom. The molecular formula is C12H25N3O4S. The molecule has 20 heavy (non-hydrogen) atoms. The molecule has 1 aliphatic carbocycles. The first-order valence-corrected chi connectivity index (χ1v) is 8.21. The molecule has 0 aromatic heterocycles. The number of esters is 1. The molecule has 0 aliphatic heterocycles. The van der Waals surface area contributed by atoms with Gasteiger partial charge in [-0.2, -0.15) is 12.7 Å². The summed E-state index contributed by atoms with van der Waals surface area (Å²) < 4.78 is 32.2. The number of hydrogen-bond acceptors (Lipinski definition) is 5. The van der Waals surface area contributed by atoms with Crippen molar-refractivity contribution in [2.45, 2.75) is 38.3 Å².